The Morgan fingerprint density at radius 1 is 0.765 bits per heavy atom. The van der Waals surface area contributed by atoms with Crippen molar-refractivity contribution in [3.63, 3.8) is 0 Å². The SMILES string of the molecule is Fc1ccc(SC(C/C(=N/Sc2ccccc2)OCCC(F)(F)F)Sc2ccc(F)cc2)cc1. The first-order chi connectivity index (χ1) is 16.3. The van der Waals surface area contributed by atoms with Crippen LogP contribution < -0.4 is 0 Å². The summed E-state index contributed by atoms with van der Waals surface area (Å²) in [5.74, 6) is -0.583. The highest BCUT2D eigenvalue weighted by Crippen LogP contribution is 2.38. The normalized spacial score (nSPS) is 12.2. The summed E-state index contributed by atoms with van der Waals surface area (Å²) in [6.45, 7) is -0.549. The van der Waals surface area contributed by atoms with Crippen LogP contribution in [-0.2, 0) is 4.74 Å². The fraction of sp³-hybridized carbons (Fsp3) is 0.208. The zero-order valence-electron chi connectivity index (χ0n) is 17.7. The highest BCUT2D eigenvalue weighted by molar-refractivity contribution is 8.17. The maximum atomic E-state index is 13.3. The first kappa shape index (κ1) is 26.4. The summed E-state index contributed by atoms with van der Waals surface area (Å²) in [6, 6.07) is 21.0. The van der Waals surface area contributed by atoms with Crippen molar-refractivity contribution < 1.29 is 26.7 Å². The summed E-state index contributed by atoms with van der Waals surface area (Å²) in [6.07, 6.45) is -5.24. The Balaban J connectivity index is 1.79. The average Bonchev–Trinajstić information content (AvgIpc) is 2.80. The molecule has 0 N–H and O–H groups in total. The summed E-state index contributed by atoms with van der Waals surface area (Å²) in [7, 11) is 0. The summed E-state index contributed by atoms with van der Waals surface area (Å²) in [4.78, 5) is 2.35. The zero-order valence-corrected chi connectivity index (χ0v) is 20.1. The van der Waals surface area contributed by atoms with Gasteiger partial charge >= 0.3 is 6.18 Å². The van der Waals surface area contributed by atoms with Crippen LogP contribution in [0.1, 0.15) is 12.8 Å². The van der Waals surface area contributed by atoms with Crippen molar-refractivity contribution >= 4 is 41.4 Å². The van der Waals surface area contributed by atoms with Crippen LogP contribution in [0.3, 0.4) is 0 Å². The van der Waals surface area contributed by atoms with E-state index in [9.17, 15) is 22.0 Å². The van der Waals surface area contributed by atoms with E-state index in [0.29, 0.717) is 0 Å². The van der Waals surface area contributed by atoms with Crippen molar-refractivity contribution in [1.82, 2.24) is 0 Å². The minimum absolute atomic E-state index is 0.160. The van der Waals surface area contributed by atoms with Gasteiger partial charge in [0.25, 0.3) is 0 Å². The molecule has 0 radical (unpaired) electrons. The number of alkyl halides is 3. The van der Waals surface area contributed by atoms with Crippen LogP contribution in [0.4, 0.5) is 22.0 Å². The van der Waals surface area contributed by atoms with E-state index in [1.807, 2.05) is 30.3 Å². The Bertz CT molecular complexity index is 997. The number of nitrogens with zero attached hydrogens (tertiary/aromatic N) is 1. The average molecular weight is 530 g/mol. The van der Waals surface area contributed by atoms with Crippen molar-refractivity contribution in [3.05, 3.63) is 90.5 Å². The quantitative estimate of drug-likeness (QED) is 0.0654. The molecular formula is C24H20F5NOS3. The van der Waals surface area contributed by atoms with E-state index in [1.165, 1.54) is 47.8 Å². The van der Waals surface area contributed by atoms with Crippen molar-refractivity contribution in [2.24, 2.45) is 4.40 Å². The fourth-order valence-corrected chi connectivity index (χ4v) is 5.69. The van der Waals surface area contributed by atoms with Gasteiger partial charge in [0.05, 0.1) is 17.6 Å². The second-order valence-electron chi connectivity index (χ2n) is 6.88. The first-order valence-corrected chi connectivity index (χ1v) is 12.6. The molecule has 0 aliphatic carbocycles. The predicted octanol–water partition coefficient (Wildman–Crippen LogP) is 8.64. The molecule has 0 aliphatic rings. The van der Waals surface area contributed by atoms with E-state index >= 15 is 0 Å². The van der Waals surface area contributed by atoms with Crippen molar-refractivity contribution in [1.29, 1.82) is 0 Å². The number of halogens is 5. The third-order valence-electron chi connectivity index (χ3n) is 4.15. The lowest BCUT2D eigenvalue weighted by Gasteiger charge is -2.18. The Hall–Kier alpha value is -2.17. The molecule has 0 saturated carbocycles. The molecule has 3 aromatic carbocycles. The van der Waals surface area contributed by atoms with Crippen LogP contribution in [0.5, 0.6) is 0 Å². The van der Waals surface area contributed by atoms with Gasteiger partial charge in [0.2, 0.25) is 0 Å². The van der Waals surface area contributed by atoms with E-state index in [1.54, 1.807) is 24.3 Å². The maximum Gasteiger partial charge on any atom is 0.392 e. The summed E-state index contributed by atoms with van der Waals surface area (Å²) in [5, 5.41) is 0. The van der Waals surface area contributed by atoms with Crippen molar-refractivity contribution in [3.8, 4) is 0 Å². The predicted molar refractivity (Wildman–Crippen MR) is 129 cm³/mol. The lowest BCUT2D eigenvalue weighted by molar-refractivity contribution is -0.140. The summed E-state index contributed by atoms with van der Waals surface area (Å²) >= 11 is 3.90. The molecule has 3 aromatic rings. The molecular weight excluding hydrogens is 509 g/mol. The van der Waals surface area contributed by atoms with Crippen LogP contribution in [0.2, 0.25) is 0 Å². The number of benzene rings is 3. The minimum atomic E-state index is -4.34. The topological polar surface area (TPSA) is 21.6 Å². The Morgan fingerprint density at radius 3 is 1.79 bits per heavy atom. The second kappa shape index (κ2) is 13.1. The van der Waals surface area contributed by atoms with Gasteiger partial charge in [-0.1, -0.05) is 18.2 Å². The van der Waals surface area contributed by atoms with Crippen molar-refractivity contribution in [2.45, 2.75) is 38.3 Å². The molecule has 0 amide bonds. The summed E-state index contributed by atoms with van der Waals surface area (Å²) < 4.78 is 74.2. The van der Waals surface area contributed by atoms with Crippen LogP contribution in [0.15, 0.2) is 97.9 Å². The zero-order chi connectivity index (χ0) is 24.4. The molecule has 0 bridgehead atoms. The van der Waals surface area contributed by atoms with Gasteiger partial charge in [-0.2, -0.15) is 17.6 Å². The van der Waals surface area contributed by atoms with E-state index in [-0.39, 0.29) is 28.5 Å². The monoisotopic (exact) mass is 529 g/mol. The molecule has 180 valence electrons. The van der Waals surface area contributed by atoms with Gasteiger partial charge in [0.15, 0.2) is 5.90 Å². The van der Waals surface area contributed by atoms with Gasteiger partial charge < -0.3 is 4.74 Å². The van der Waals surface area contributed by atoms with Gasteiger partial charge in [-0.15, -0.1) is 23.5 Å². The Kier molecular flexibility index (Phi) is 10.2. The molecule has 0 atom stereocenters. The third kappa shape index (κ3) is 9.99. The second-order valence-corrected chi connectivity index (χ2v) is 10.6. The third-order valence-corrected chi connectivity index (χ3v) is 7.46. The molecule has 10 heteroatoms. The van der Waals surface area contributed by atoms with Gasteiger partial charge in [0.1, 0.15) is 11.6 Å². The molecule has 0 heterocycles. The highest BCUT2D eigenvalue weighted by Gasteiger charge is 2.27. The van der Waals surface area contributed by atoms with Crippen LogP contribution >= 0.6 is 35.5 Å². The van der Waals surface area contributed by atoms with Crippen LogP contribution in [0.25, 0.3) is 0 Å². The molecule has 0 aromatic heterocycles. The van der Waals surface area contributed by atoms with E-state index in [2.05, 4.69) is 4.40 Å². The van der Waals surface area contributed by atoms with Gasteiger partial charge in [-0.05, 0) is 60.7 Å². The molecule has 0 unspecified atom stereocenters. The minimum Gasteiger partial charge on any atom is -0.480 e. The largest absolute Gasteiger partial charge is 0.480 e. The van der Waals surface area contributed by atoms with Crippen molar-refractivity contribution in [2.75, 3.05) is 6.61 Å². The number of thioether (sulfide) groups is 2. The van der Waals surface area contributed by atoms with Crippen LogP contribution in [-0.4, -0.2) is 23.3 Å². The van der Waals surface area contributed by atoms with Crippen LogP contribution in [0, 0.1) is 11.6 Å². The standard InChI is InChI=1S/C24H20F5NOS3/c25-17-6-10-19(11-7-17)32-23(33-20-12-8-18(26)9-13-20)16-22(31-15-14-24(27,28)29)30-34-21-4-2-1-3-5-21/h1-13,23H,14-16H2/b30-22-. The molecule has 0 saturated heterocycles. The van der Waals surface area contributed by atoms with Gasteiger partial charge in [-0.25, -0.2) is 8.78 Å². The molecule has 0 spiro atoms. The fourth-order valence-electron chi connectivity index (χ4n) is 2.57. The Morgan fingerprint density at radius 2 is 1.29 bits per heavy atom. The number of ether oxygens (including phenoxy) is 1. The number of rotatable bonds is 10. The lowest BCUT2D eigenvalue weighted by atomic mass is 10.3. The molecule has 3 rings (SSSR count). The van der Waals surface area contributed by atoms with E-state index in [0.717, 1.165) is 26.6 Å². The molecule has 0 aliphatic heterocycles. The van der Waals surface area contributed by atoms with Gasteiger partial charge in [-0.3, -0.25) is 0 Å². The number of hydrogen-bond donors (Lipinski definition) is 0. The van der Waals surface area contributed by atoms with E-state index < -0.39 is 19.2 Å². The molecule has 2 nitrogen and oxygen atoms in total. The Labute approximate surface area is 207 Å². The molecule has 0 fully saturated rings. The lowest BCUT2D eigenvalue weighted by Crippen LogP contribution is -2.17. The first-order valence-electron chi connectivity index (χ1n) is 10.1. The van der Waals surface area contributed by atoms with E-state index in [4.69, 9.17) is 4.74 Å². The maximum absolute atomic E-state index is 13.3. The molecule has 34 heavy (non-hydrogen) atoms. The number of hydrogen-bond acceptors (Lipinski definition) is 5. The highest BCUT2D eigenvalue weighted by atomic mass is 32.2. The van der Waals surface area contributed by atoms with Gasteiger partial charge in [0, 0.05) is 33.1 Å². The smallest absolute Gasteiger partial charge is 0.392 e. The summed E-state index contributed by atoms with van der Waals surface area (Å²) in [5.41, 5.74) is 0.